The van der Waals surface area contributed by atoms with E-state index in [0.29, 0.717) is 5.56 Å². The van der Waals surface area contributed by atoms with Gasteiger partial charge in [0.05, 0.1) is 18.9 Å². The number of carboxylic acids is 1. The number of esters is 2. The van der Waals surface area contributed by atoms with Gasteiger partial charge in [-0.3, -0.25) is 9.59 Å². The van der Waals surface area contributed by atoms with Crippen molar-refractivity contribution in [2.24, 2.45) is 0 Å². The Morgan fingerprint density at radius 3 is 2.11 bits per heavy atom. The summed E-state index contributed by atoms with van der Waals surface area (Å²) in [5.74, 6) is -3.14. The van der Waals surface area contributed by atoms with Crippen molar-refractivity contribution in [2.45, 2.75) is 64.0 Å². The van der Waals surface area contributed by atoms with Crippen LogP contribution < -0.4 is 0 Å². The third-order valence-electron chi connectivity index (χ3n) is 4.62. The third-order valence-corrected chi connectivity index (χ3v) is 9.15. The van der Waals surface area contributed by atoms with E-state index >= 15 is 0 Å². The van der Waals surface area contributed by atoms with E-state index in [0.717, 1.165) is 0 Å². The highest BCUT2D eigenvalue weighted by atomic mass is 28.4. The van der Waals surface area contributed by atoms with Crippen LogP contribution in [0.3, 0.4) is 0 Å². The summed E-state index contributed by atoms with van der Waals surface area (Å²) in [5.41, 5.74) is 0.301. The van der Waals surface area contributed by atoms with Crippen molar-refractivity contribution in [2.75, 3.05) is 0 Å². The molecule has 150 valence electrons. The minimum Gasteiger partial charge on any atom is -0.481 e. The molecule has 2 atom stereocenters. The van der Waals surface area contributed by atoms with Crippen molar-refractivity contribution in [3.63, 3.8) is 0 Å². The van der Waals surface area contributed by atoms with Gasteiger partial charge < -0.3 is 19.4 Å². The molecule has 1 aromatic rings. The van der Waals surface area contributed by atoms with Crippen LogP contribution in [0.1, 0.15) is 45.3 Å². The van der Waals surface area contributed by atoms with Crippen molar-refractivity contribution in [1.82, 2.24) is 0 Å². The summed E-state index contributed by atoms with van der Waals surface area (Å²) in [6.45, 7) is 9.87. The van der Waals surface area contributed by atoms with Gasteiger partial charge in [-0.1, -0.05) is 51.1 Å². The maximum atomic E-state index is 12.1. The average molecular weight is 397 g/mol. The zero-order valence-electron chi connectivity index (χ0n) is 16.4. The number of aliphatic hydroxyl groups is 1. The second-order valence-electron chi connectivity index (χ2n) is 7.91. The highest BCUT2D eigenvalue weighted by Gasteiger charge is 2.40. The van der Waals surface area contributed by atoms with Crippen molar-refractivity contribution < 1.29 is 33.8 Å². The minimum atomic E-state index is -2.32. The van der Waals surface area contributed by atoms with Crippen LogP contribution >= 0.6 is 0 Å². The highest BCUT2D eigenvalue weighted by Crippen LogP contribution is 2.38. The molecular formula is C19H28O7Si. The van der Waals surface area contributed by atoms with Gasteiger partial charge in [0.1, 0.15) is 0 Å². The van der Waals surface area contributed by atoms with Crippen LogP contribution in [0.2, 0.25) is 18.1 Å². The van der Waals surface area contributed by atoms with Crippen LogP contribution in [-0.2, 0) is 23.5 Å². The fourth-order valence-corrected chi connectivity index (χ4v) is 3.46. The molecule has 8 heteroatoms. The van der Waals surface area contributed by atoms with E-state index in [2.05, 4.69) is 0 Å². The van der Waals surface area contributed by atoms with Gasteiger partial charge in [-0.25, -0.2) is 4.79 Å². The van der Waals surface area contributed by atoms with Crippen LogP contribution in [0, 0.1) is 0 Å². The lowest BCUT2D eigenvalue weighted by Crippen LogP contribution is -2.45. The van der Waals surface area contributed by atoms with Gasteiger partial charge in [0.25, 0.3) is 0 Å². The fourth-order valence-electron chi connectivity index (χ4n) is 2.11. The van der Waals surface area contributed by atoms with E-state index in [9.17, 15) is 19.5 Å². The first-order valence-electron chi connectivity index (χ1n) is 8.70. The van der Waals surface area contributed by atoms with E-state index in [-0.39, 0.29) is 17.9 Å². The molecular weight excluding hydrogens is 368 g/mol. The Bertz CT molecular complexity index is 664. The number of aliphatic hydroxyl groups excluding tert-OH is 1. The number of carbonyl (C=O) groups is 3. The summed E-state index contributed by atoms with van der Waals surface area (Å²) in [5, 5.41) is 18.9. The molecule has 0 saturated carbocycles. The van der Waals surface area contributed by atoms with Gasteiger partial charge in [-0.15, -0.1) is 0 Å². The first-order chi connectivity index (χ1) is 12.3. The first kappa shape index (κ1) is 23.0. The van der Waals surface area contributed by atoms with Crippen LogP contribution in [0.4, 0.5) is 0 Å². The van der Waals surface area contributed by atoms with Gasteiger partial charge in [-0.2, -0.15) is 0 Å². The molecule has 1 aromatic carbocycles. The molecule has 0 amide bonds. The largest absolute Gasteiger partial charge is 0.481 e. The molecule has 0 aliphatic heterocycles. The summed E-state index contributed by atoms with van der Waals surface area (Å²) < 4.78 is 10.7. The number of benzene rings is 1. The minimum absolute atomic E-state index is 0.174. The molecule has 0 heterocycles. The second kappa shape index (κ2) is 9.25. The molecule has 27 heavy (non-hydrogen) atoms. The first-order valence-corrected chi connectivity index (χ1v) is 11.6. The molecule has 0 bridgehead atoms. The molecule has 0 saturated heterocycles. The topological polar surface area (TPSA) is 110 Å². The summed E-state index contributed by atoms with van der Waals surface area (Å²) >= 11 is 0. The lowest BCUT2D eigenvalue weighted by Gasteiger charge is -2.38. The molecule has 2 N–H and O–H groups in total. The van der Waals surface area contributed by atoms with Crippen molar-refractivity contribution >= 4 is 26.2 Å². The van der Waals surface area contributed by atoms with Crippen molar-refractivity contribution in [3.05, 3.63) is 35.9 Å². The average Bonchev–Trinajstić information content (AvgIpc) is 2.52. The summed E-state index contributed by atoms with van der Waals surface area (Å²) in [6.07, 6.45) is -3.25. The Hall–Kier alpha value is -2.03. The van der Waals surface area contributed by atoms with E-state index < -0.39 is 38.4 Å². The maximum absolute atomic E-state index is 12.1. The number of hydrogen-bond acceptors (Lipinski definition) is 6. The van der Waals surface area contributed by atoms with Crippen molar-refractivity contribution in [1.29, 1.82) is 0 Å². The quantitative estimate of drug-likeness (QED) is 0.395. The predicted octanol–water partition coefficient (Wildman–Crippen LogP) is 3.05. The number of carbonyl (C=O) groups excluding carboxylic acids is 2. The van der Waals surface area contributed by atoms with Crippen LogP contribution in [0.15, 0.2) is 30.3 Å². The number of ether oxygens (including phenoxy) is 1. The summed E-state index contributed by atoms with van der Waals surface area (Å²) in [4.78, 5) is 35.2. The SMILES string of the molecule is CC(C)(C)[Si](C)(C)OC(CC(=O)O)CC(=O)OC(=O)[C@@H](O)c1ccccc1. The molecule has 1 unspecified atom stereocenters. The van der Waals surface area contributed by atoms with Gasteiger partial charge in [-0.05, 0) is 23.7 Å². The number of rotatable bonds is 8. The fraction of sp³-hybridized carbons (Fsp3) is 0.526. The zero-order chi connectivity index (χ0) is 20.8. The molecule has 0 fully saturated rings. The highest BCUT2D eigenvalue weighted by molar-refractivity contribution is 6.74. The summed E-state index contributed by atoms with van der Waals surface area (Å²) in [7, 11) is -2.32. The molecule has 0 radical (unpaired) electrons. The van der Waals surface area contributed by atoms with Gasteiger partial charge in [0.2, 0.25) is 0 Å². The van der Waals surface area contributed by atoms with Gasteiger partial charge >= 0.3 is 17.9 Å². The Morgan fingerprint density at radius 2 is 1.63 bits per heavy atom. The molecule has 0 aromatic heterocycles. The van der Waals surface area contributed by atoms with E-state index in [1.807, 2.05) is 33.9 Å². The zero-order valence-corrected chi connectivity index (χ0v) is 17.4. The van der Waals surface area contributed by atoms with Crippen LogP contribution in [0.5, 0.6) is 0 Å². The van der Waals surface area contributed by atoms with E-state index in [1.165, 1.54) is 12.1 Å². The lowest BCUT2D eigenvalue weighted by molar-refractivity contribution is -0.167. The van der Waals surface area contributed by atoms with Gasteiger partial charge in [0, 0.05) is 0 Å². The van der Waals surface area contributed by atoms with Crippen LogP contribution in [0.25, 0.3) is 0 Å². The summed E-state index contributed by atoms with van der Waals surface area (Å²) in [6, 6.07) is 8.07. The Balaban J connectivity index is 2.76. The molecule has 0 aliphatic rings. The standard InChI is InChI=1S/C19H28O7Si/c1-19(2,3)27(4,5)26-14(11-15(20)21)12-16(22)25-18(24)17(23)13-9-7-6-8-10-13/h6-10,14,17,23H,11-12H2,1-5H3,(H,20,21)/t14?,17-/m0/s1. The van der Waals surface area contributed by atoms with Gasteiger partial charge in [0.15, 0.2) is 14.4 Å². The second-order valence-corrected chi connectivity index (χ2v) is 12.7. The number of carboxylic acid groups (broad SMARTS) is 1. The van der Waals surface area contributed by atoms with Crippen molar-refractivity contribution in [3.8, 4) is 0 Å². The maximum Gasteiger partial charge on any atom is 0.347 e. The Labute approximate surface area is 160 Å². The Kier molecular flexibility index (Phi) is 7.88. The molecule has 7 nitrogen and oxygen atoms in total. The number of hydrogen-bond donors (Lipinski definition) is 2. The van der Waals surface area contributed by atoms with Crippen LogP contribution in [-0.4, -0.2) is 42.5 Å². The number of aliphatic carboxylic acids is 1. The third kappa shape index (κ3) is 7.24. The molecule has 1 rings (SSSR count). The smallest absolute Gasteiger partial charge is 0.347 e. The monoisotopic (exact) mass is 396 g/mol. The predicted molar refractivity (Wildman–Crippen MR) is 101 cm³/mol. The molecule has 0 aliphatic carbocycles. The Morgan fingerprint density at radius 1 is 1.07 bits per heavy atom. The molecule has 0 spiro atoms. The normalized spacial score (nSPS) is 14.3. The van der Waals surface area contributed by atoms with E-state index in [4.69, 9.17) is 14.3 Å². The van der Waals surface area contributed by atoms with E-state index in [1.54, 1.807) is 18.2 Å². The lowest BCUT2D eigenvalue weighted by atomic mass is 10.1.